The molecule has 2 amide bonds. The molecule has 0 bridgehead atoms. The second-order valence-electron chi connectivity index (χ2n) is 4.87. The van der Waals surface area contributed by atoms with Crippen molar-refractivity contribution in [2.24, 2.45) is 0 Å². The Balaban J connectivity index is 2.48. The minimum atomic E-state index is -3.13. The minimum absolute atomic E-state index is 0.0117. The number of hydrogen-bond donors (Lipinski definition) is 1. The van der Waals surface area contributed by atoms with Crippen molar-refractivity contribution in [2.45, 2.75) is 18.9 Å². The lowest BCUT2D eigenvalue weighted by atomic mass is 10.1. The summed E-state index contributed by atoms with van der Waals surface area (Å²) in [5, 5.41) is 2.93. The Morgan fingerprint density at radius 1 is 1.30 bits per heavy atom. The molecule has 0 atom stereocenters. The summed E-state index contributed by atoms with van der Waals surface area (Å²) >= 11 is 0. The van der Waals surface area contributed by atoms with E-state index in [1.807, 2.05) is 0 Å². The van der Waals surface area contributed by atoms with E-state index in [9.17, 15) is 13.2 Å². The van der Waals surface area contributed by atoms with E-state index in [-0.39, 0.29) is 12.1 Å². The van der Waals surface area contributed by atoms with Crippen LogP contribution in [0.2, 0.25) is 0 Å². The summed E-state index contributed by atoms with van der Waals surface area (Å²) in [4.78, 5) is 13.7. The van der Waals surface area contributed by atoms with Crippen molar-refractivity contribution in [1.29, 1.82) is 0 Å². The lowest BCUT2D eigenvalue weighted by Gasteiger charge is -2.32. The van der Waals surface area contributed by atoms with E-state index in [0.717, 1.165) is 0 Å². The van der Waals surface area contributed by atoms with Gasteiger partial charge in [-0.15, -0.1) is 13.2 Å². The smallest absolute Gasteiger partial charge is 0.318 e. The van der Waals surface area contributed by atoms with E-state index in [1.165, 1.54) is 10.6 Å². The van der Waals surface area contributed by atoms with Crippen LogP contribution in [0.5, 0.6) is 0 Å². The Morgan fingerprint density at radius 2 is 1.80 bits per heavy atom. The van der Waals surface area contributed by atoms with Gasteiger partial charge in [-0.3, -0.25) is 0 Å². The molecule has 1 aliphatic heterocycles. The Morgan fingerprint density at radius 3 is 2.20 bits per heavy atom. The fourth-order valence-electron chi connectivity index (χ4n) is 2.15. The van der Waals surface area contributed by atoms with Crippen LogP contribution < -0.4 is 5.32 Å². The quantitative estimate of drug-likeness (QED) is 0.738. The zero-order valence-corrected chi connectivity index (χ0v) is 12.7. The Kier molecular flexibility index (Phi) is 6.22. The van der Waals surface area contributed by atoms with Crippen LogP contribution in [-0.4, -0.2) is 62.1 Å². The molecule has 0 radical (unpaired) electrons. The van der Waals surface area contributed by atoms with E-state index in [1.54, 1.807) is 17.1 Å². The molecule has 0 aromatic rings. The first-order valence-electron chi connectivity index (χ1n) is 6.60. The summed E-state index contributed by atoms with van der Waals surface area (Å²) in [6, 6.07) is -0.153. The van der Waals surface area contributed by atoms with Crippen LogP contribution >= 0.6 is 0 Å². The maximum Gasteiger partial charge on any atom is 0.318 e. The fraction of sp³-hybridized carbons (Fsp3) is 0.615. The number of hydrogen-bond acceptors (Lipinski definition) is 3. The number of nitrogens with one attached hydrogen (secondary N) is 1. The standard InChI is InChI=1S/C13H23N3O3S/c1-4-8-15(9-5-2)13(17)14-12-6-10-16(11-7-12)20(3,18)19/h4-5,12H,1-2,6-11H2,3H3,(H,14,17). The molecule has 1 saturated heterocycles. The minimum Gasteiger partial charge on any atom is -0.335 e. The van der Waals surface area contributed by atoms with Crippen molar-refractivity contribution in [3.8, 4) is 0 Å². The van der Waals surface area contributed by atoms with Crippen molar-refractivity contribution in [3.05, 3.63) is 25.3 Å². The Labute approximate surface area is 121 Å². The summed E-state index contributed by atoms with van der Waals surface area (Å²) in [5.41, 5.74) is 0. The molecule has 0 aliphatic carbocycles. The highest BCUT2D eigenvalue weighted by Gasteiger charge is 2.26. The van der Waals surface area contributed by atoms with E-state index in [2.05, 4.69) is 18.5 Å². The lowest BCUT2D eigenvalue weighted by molar-refractivity contribution is 0.197. The second kappa shape index (κ2) is 7.44. The van der Waals surface area contributed by atoms with Gasteiger partial charge in [0.05, 0.1) is 6.26 Å². The average Bonchev–Trinajstić information content (AvgIpc) is 2.38. The number of amides is 2. The largest absolute Gasteiger partial charge is 0.335 e. The number of urea groups is 1. The third-order valence-corrected chi connectivity index (χ3v) is 4.54. The van der Waals surface area contributed by atoms with Gasteiger partial charge >= 0.3 is 6.03 Å². The van der Waals surface area contributed by atoms with Crippen LogP contribution in [0.3, 0.4) is 0 Å². The highest BCUT2D eigenvalue weighted by atomic mass is 32.2. The third kappa shape index (κ3) is 4.97. The Hall–Kier alpha value is -1.34. The molecule has 0 aromatic heterocycles. The fourth-order valence-corrected chi connectivity index (χ4v) is 3.02. The molecule has 6 nitrogen and oxygen atoms in total. The SMILES string of the molecule is C=CCN(CC=C)C(=O)NC1CCN(S(C)(=O)=O)CC1. The summed E-state index contributed by atoms with van der Waals surface area (Å²) in [7, 11) is -3.13. The molecule has 20 heavy (non-hydrogen) atoms. The van der Waals surface area contributed by atoms with Gasteiger partial charge in [0.1, 0.15) is 0 Å². The maximum atomic E-state index is 12.1. The van der Waals surface area contributed by atoms with Crippen molar-refractivity contribution >= 4 is 16.1 Å². The molecule has 1 fully saturated rings. The molecule has 0 aromatic carbocycles. The molecule has 0 spiro atoms. The van der Waals surface area contributed by atoms with Gasteiger partial charge in [-0.25, -0.2) is 17.5 Å². The zero-order valence-electron chi connectivity index (χ0n) is 11.9. The zero-order chi connectivity index (χ0) is 15.2. The number of rotatable bonds is 6. The number of nitrogens with zero attached hydrogens (tertiary/aromatic N) is 2. The molecule has 1 aliphatic rings. The van der Waals surface area contributed by atoms with Gasteiger partial charge in [-0.1, -0.05) is 12.2 Å². The molecule has 0 saturated carbocycles. The predicted molar refractivity (Wildman–Crippen MR) is 79.9 cm³/mol. The van der Waals surface area contributed by atoms with Gasteiger partial charge < -0.3 is 10.2 Å². The first kappa shape index (κ1) is 16.7. The second-order valence-corrected chi connectivity index (χ2v) is 6.85. The molecule has 0 unspecified atom stereocenters. The first-order valence-corrected chi connectivity index (χ1v) is 8.45. The molecule has 1 N–H and O–H groups in total. The predicted octanol–water partition coefficient (Wildman–Crippen LogP) is 0.794. The van der Waals surface area contributed by atoms with E-state index in [0.29, 0.717) is 39.0 Å². The van der Waals surface area contributed by atoms with Gasteiger partial charge in [0.25, 0.3) is 0 Å². The van der Waals surface area contributed by atoms with Crippen LogP contribution in [0.1, 0.15) is 12.8 Å². The summed E-state index contributed by atoms with van der Waals surface area (Å²) in [6.45, 7) is 9.06. The number of sulfonamides is 1. The van der Waals surface area contributed by atoms with E-state index < -0.39 is 10.0 Å². The average molecular weight is 301 g/mol. The normalized spacial score (nSPS) is 17.4. The first-order chi connectivity index (χ1) is 9.38. The van der Waals surface area contributed by atoms with Crippen molar-refractivity contribution in [1.82, 2.24) is 14.5 Å². The van der Waals surface area contributed by atoms with Crippen LogP contribution in [0.4, 0.5) is 4.79 Å². The van der Waals surface area contributed by atoms with Gasteiger partial charge in [-0.05, 0) is 12.8 Å². The third-order valence-electron chi connectivity index (χ3n) is 3.24. The number of carbonyl (C=O) groups is 1. The van der Waals surface area contributed by atoms with Crippen molar-refractivity contribution in [3.63, 3.8) is 0 Å². The summed E-state index contributed by atoms with van der Waals surface area (Å²) in [5.74, 6) is 0. The molecule has 114 valence electrons. The Bertz CT molecular complexity index is 443. The molecular weight excluding hydrogens is 278 g/mol. The van der Waals surface area contributed by atoms with Gasteiger partial charge in [-0.2, -0.15) is 0 Å². The van der Waals surface area contributed by atoms with Crippen LogP contribution in [-0.2, 0) is 10.0 Å². The van der Waals surface area contributed by atoms with Gasteiger partial charge in [0, 0.05) is 32.2 Å². The van der Waals surface area contributed by atoms with E-state index in [4.69, 9.17) is 0 Å². The van der Waals surface area contributed by atoms with Crippen molar-refractivity contribution < 1.29 is 13.2 Å². The van der Waals surface area contributed by atoms with Gasteiger partial charge in [0.2, 0.25) is 10.0 Å². The molecular formula is C13H23N3O3S. The number of carbonyl (C=O) groups excluding carboxylic acids is 1. The molecule has 7 heteroatoms. The monoisotopic (exact) mass is 301 g/mol. The van der Waals surface area contributed by atoms with E-state index >= 15 is 0 Å². The highest BCUT2D eigenvalue weighted by Crippen LogP contribution is 2.13. The van der Waals surface area contributed by atoms with Gasteiger partial charge in [0.15, 0.2) is 0 Å². The van der Waals surface area contributed by atoms with Crippen LogP contribution in [0, 0.1) is 0 Å². The lowest BCUT2D eigenvalue weighted by Crippen LogP contribution is -2.50. The van der Waals surface area contributed by atoms with Crippen LogP contribution in [0.25, 0.3) is 0 Å². The topological polar surface area (TPSA) is 69.7 Å². The number of piperidine rings is 1. The maximum absolute atomic E-state index is 12.1. The summed E-state index contributed by atoms with van der Waals surface area (Å²) < 4.78 is 24.2. The summed E-state index contributed by atoms with van der Waals surface area (Å²) in [6.07, 6.45) is 5.80. The molecule has 1 heterocycles. The molecule has 1 rings (SSSR count). The van der Waals surface area contributed by atoms with Crippen molar-refractivity contribution in [2.75, 3.05) is 32.4 Å². The highest BCUT2D eigenvalue weighted by molar-refractivity contribution is 7.88. The van der Waals surface area contributed by atoms with Crippen LogP contribution in [0.15, 0.2) is 25.3 Å².